The van der Waals surface area contributed by atoms with Crippen molar-refractivity contribution in [2.24, 2.45) is 5.92 Å². The van der Waals surface area contributed by atoms with E-state index in [-0.39, 0.29) is 17.7 Å². The summed E-state index contributed by atoms with van der Waals surface area (Å²) < 4.78 is 0. The van der Waals surface area contributed by atoms with Crippen molar-refractivity contribution in [2.75, 3.05) is 26.2 Å². The van der Waals surface area contributed by atoms with E-state index in [0.717, 1.165) is 25.1 Å². The van der Waals surface area contributed by atoms with E-state index in [1.165, 1.54) is 12.0 Å². The minimum atomic E-state index is -0.213. The molecule has 2 aliphatic heterocycles. The van der Waals surface area contributed by atoms with Crippen LogP contribution < -0.4 is 5.32 Å². The summed E-state index contributed by atoms with van der Waals surface area (Å²) in [6.45, 7) is 8.20. The van der Waals surface area contributed by atoms with E-state index in [1.54, 1.807) is 0 Å². The first-order chi connectivity index (χ1) is 12.1. The second kappa shape index (κ2) is 8.00. The summed E-state index contributed by atoms with van der Waals surface area (Å²) in [6.07, 6.45) is 2.69. The van der Waals surface area contributed by atoms with Gasteiger partial charge in [0.2, 0.25) is 11.8 Å². The molecule has 5 nitrogen and oxygen atoms in total. The van der Waals surface area contributed by atoms with Crippen LogP contribution in [-0.2, 0) is 16.1 Å². The molecule has 0 aliphatic carbocycles. The van der Waals surface area contributed by atoms with E-state index < -0.39 is 0 Å². The number of amides is 2. The van der Waals surface area contributed by atoms with Crippen molar-refractivity contribution >= 4 is 11.8 Å². The highest BCUT2D eigenvalue weighted by molar-refractivity contribution is 5.89. The Hall–Kier alpha value is -1.88. The van der Waals surface area contributed by atoms with Crippen molar-refractivity contribution in [3.05, 3.63) is 35.4 Å². The third-order valence-corrected chi connectivity index (χ3v) is 5.50. The summed E-state index contributed by atoms with van der Waals surface area (Å²) in [6, 6.07) is 8.67. The van der Waals surface area contributed by atoms with Crippen LogP contribution in [0, 0.1) is 12.8 Å². The van der Waals surface area contributed by atoms with E-state index in [1.807, 2.05) is 4.90 Å². The zero-order valence-electron chi connectivity index (χ0n) is 15.3. The van der Waals surface area contributed by atoms with Gasteiger partial charge in [-0.1, -0.05) is 36.8 Å². The van der Waals surface area contributed by atoms with Crippen molar-refractivity contribution in [2.45, 2.75) is 45.7 Å². The Balaban J connectivity index is 1.49. The number of carbonyl (C=O) groups excluding carboxylic acids is 2. The molecule has 0 aromatic heterocycles. The molecule has 1 N–H and O–H groups in total. The fourth-order valence-corrected chi connectivity index (χ4v) is 3.92. The molecule has 136 valence electrons. The number of rotatable bonds is 6. The molecule has 0 bridgehead atoms. The average Bonchev–Trinajstić information content (AvgIpc) is 3.21. The van der Waals surface area contributed by atoms with Gasteiger partial charge in [0.25, 0.3) is 0 Å². The summed E-state index contributed by atoms with van der Waals surface area (Å²) in [5, 5.41) is 3.08. The van der Waals surface area contributed by atoms with Crippen LogP contribution in [0.4, 0.5) is 0 Å². The number of carbonyl (C=O) groups is 2. The molecule has 2 saturated heterocycles. The van der Waals surface area contributed by atoms with Gasteiger partial charge >= 0.3 is 0 Å². The topological polar surface area (TPSA) is 52.7 Å². The molecule has 3 rings (SSSR count). The predicted octanol–water partition coefficient (Wildman–Crippen LogP) is 1.94. The van der Waals surface area contributed by atoms with E-state index in [9.17, 15) is 9.59 Å². The number of likely N-dealkylation sites (N-methyl/N-ethyl adjacent to an activating group) is 1. The molecule has 0 radical (unpaired) electrons. The number of hydrogen-bond acceptors (Lipinski definition) is 3. The Morgan fingerprint density at radius 3 is 2.76 bits per heavy atom. The fraction of sp³-hybridized carbons (Fsp3) is 0.600. The number of hydrogen-bond donors (Lipinski definition) is 1. The van der Waals surface area contributed by atoms with Crippen molar-refractivity contribution in [3.63, 3.8) is 0 Å². The minimum absolute atomic E-state index is 0.0303. The zero-order chi connectivity index (χ0) is 17.8. The number of likely N-dealkylation sites (tertiary alicyclic amines) is 2. The Labute approximate surface area is 150 Å². The van der Waals surface area contributed by atoms with Crippen LogP contribution in [0.2, 0.25) is 0 Å². The Morgan fingerprint density at radius 1 is 1.28 bits per heavy atom. The third-order valence-electron chi connectivity index (χ3n) is 5.50. The van der Waals surface area contributed by atoms with E-state index in [0.29, 0.717) is 32.1 Å². The Kier molecular flexibility index (Phi) is 5.74. The first-order valence-corrected chi connectivity index (χ1v) is 9.42. The lowest BCUT2D eigenvalue weighted by Gasteiger charge is -2.23. The van der Waals surface area contributed by atoms with Gasteiger partial charge in [-0.25, -0.2) is 0 Å². The summed E-state index contributed by atoms with van der Waals surface area (Å²) in [4.78, 5) is 29.0. The summed E-state index contributed by atoms with van der Waals surface area (Å²) in [5.74, 6) is -0.103. The van der Waals surface area contributed by atoms with Crippen molar-refractivity contribution < 1.29 is 9.59 Å². The van der Waals surface area contributed by atoms with Crippen molar-refractivity contribution in [1.29, 1.82) is 0 Å². The van der Waals surface area contributed by atoms with Crippen LogP contribution in [0.3, 0.4) is 0 Å². The van der Waals surface area contributed by atoms with Crippen LogP contribution in [0.5, 0.6) is 0 Å². The van der Waals surface area contributed by atoms with Crippen molar-refractivity contribution in [1.82, 2.24) is 15.1 Å². The number of aryl methyl sites for hydroxylation is 1. The lowest BCUT2D eigenvalue weighted by molar-refractivity contribution is -0.129. The molecule has 2 unspecified atom stereocenters. The van der Waals surface area contributed by atoms with E-state index in [4.69, 9.17) is 0 Å². The number of benzene rings is 1. The van der Waals surface area contributed by atoms with Gasteiger partial charge < -0.3 is 10.2 Å². The quantitative estimate of drug-likeness (QED) is 0.859. The van der Waals surface area contributed by atoms with Crippen molar-refractivity contribution in [3.8, 4) is 0 Å². The molecule has 2 atom stereocenters. The maximum absolute atomic E-state index is 12.5. The first-order valence-electron chi connectivity index (χ1n) is 9.42. The first kappa shape index (κ1) is 17.9. The molecule has 1 aromatic rings. The van der Waals surface area contributed by atoms with Gasteiger partial charge in [0.15, 0.2) is 0 Å². The van der Waals surface area contributed by atoms with Gasteiger partial charge in [-0.2, -0.15) is 0 Å². The molecule has 2 aliphatic rings. The van der Waals surface area contributed by atoms with Gasteiger partial charge in [-0.05, 0) is 38.4 Å². The average molecular weight is 343 g/mol. The lowest BCUT2D eigenvalue weighted by atomic mass is 10.1. The summed E-state index contributed by atoms with van der Waals surface area (Å²) >= 11 is 0. The van der Waals surface area contributed by atoms with E-state index in [2.05, 4.69) is 48.3 Å². The van der Waals surface area contributed by atoms with Crippen LogP contribution >= 0.6 is 0 Å². The van der Waals surface area contributed by atoms with Gasteiger partial charge in [0.05, 0.1) is 5.92 Å². The smallest absolute Gasteiger partial charge is 0.225 e. The molecule has 25 heavy (non-hydrogen) atoms. The standard InChI is InChI=1S/C20H29N3O2/c1-3-22-10-4-5-18(22)12-21-20(25)17-11-19(24)23(14-17)13-16-8-6-15(2)7-9-16/h6-9,17-18H,3-5,10-14H2,1-2H3,(H,21,25). The lowest BCUT2D eigenvalue weighted by Crippen LogP contribution is -2.42. The maximum atomic E-state index is 12.5. The third kappa shape index (κ3) is 4.40. The van der Waals surface area contributed by atoms with Crippen LogP contribution in [-0.4, -0.2) is 53.8 Å². The fourth-order valence-electron chi connectivity index (χ4n) is 3.92. The van der Waals surface area contributed by atoms with E-state index >= 15 is 0 Å². The highest BCUT2D eigenvalue weighted by Crippen LogP contribution is 2.21. The largest absolute Gasteiger partial charge is 0.354 e. The molecule has 1 aromatic carbocycles. The second-order valence-corrected chi connectivity index (χ2v) is 7.33. The number of nitrogens with zero attached hydrogens (tertiary/aromatic N) is 2. The SMILES string of the molecule is CCN1CCCC1CNC(=O)C1CC(=O)N(Cc2ccc(C)cc2)C1. The predicted molar refractivity (Wildman–Crippen MR) is 98.0 cm³/mol. The molecular weight excluding hydrogens is 314 g/mol. The van der Waals surface area contributed by atoms with Gasteiger partial charge in [-0.3, -0.25) is 14.5 Å². The summed E-state index contributed by atoms with van der Waals surface area (Å²) in [7, 11) is 0. The maximum Gasteiger partial charge on any atom is 0.225 e. The molecule has 2 amide bonds. The normalized spacial score (nSPS) is 24.1. The molecule has 0 spiro atoms. The van der Waals surface area contributed by atoms with Gasteiger partial charge in [-0.15, -0.1) is 0 Å². The molecule has 2 heterocycles. The highest BCUT2D eigenvalue weighted by atomic mass is 16.2. The Bertz CT molecular complexity index is 614. The zero-order valence-corrected chi connectivity index (χ0v) is 15.3. The molecule has 2 fully saturated rings. The minimum Gasteiger partial charge on any atom is -0.354 e. The van der Waals surface area contributed by atoms with Crippen LogP contribution in [0.25, 0.3) is 0 Å². The highest BCUT2D eigenvalue weighted by Gasteiger charge is 2.34. The Morgan fingerprint density at radius 2 is 2.04 bits per heavy atom. The number of nitrogens with one attached hydrogen (secondary N) is 1. The summed E-state index contributed by atoms with van der Waals surface area (Å²) in [5.41, 5.74) is 2.33. The van der Waals surface area contributed by atoms with Crippen LogP contribution in [0.15, 0.2) is 24.3 Å². The second-order valence-electron chi connectivity index (χ2n) is 7.33. The van der Waals surface area contributed by atoms with Gasteiger partial charge in [0, 0.05) is 32.1 Å². The monoisotopic (exact) mass is 343 g/mol. The molecule has 0 saturated carbocycles. The molecular formula is C20H29N3O2. The molecule has 5 heteroatoms. The van der Waals surface area contributed by atoms with Gasteiger partial charge in [0.1, 0.15) is 0 Å². The van der Waals surface area contributed by atoms with Crippen LogP contribution in [0.1, 0.15) is 37.3 Å².